The highest BCUT2D eigenvalue weighted by Gasteiger charge is 2.19. The molecule has 0 aromatic carbocycles. The molecule has 6 heteroatoms. The van der Waals surface area contributed by atoms with Crippen molar-refractivity contribution in [2.24, 2.45) is 0 Å². The first-order valence-electron chi connectivity index (χ1n) is 27.6. The smallest absolute Gasteiger partial charge is 0.306 e. The molecule has 0 aliphatic rings. The van der Waals surface area contributed by atoms with Gasteiger partial charge in [0, 0.05) is 19.3 Å². The lowest BCUT2D eigenvalue weighted by Gasteiger charge is -2.18. The number of allylic oxidation sites excluding steroid dienone is 8. The number of rotatable bonds is 50. The van der Waals surface area contributed by atoms with Crippen molar-refractivity contribution in [1.29, 1.82) is 0 Å². The molecule has 1 atom stereocenters. The predicted molar refractivity (Wildman–Crippen MR) is 275 cm³/mol. The predicted octanol–water partition coefficient (Wildman–Crippen LogP) is 18.3. The highest BCUT2D eigenvalue weighted by Crippen LogP contribution is 2.16. The van der Waals surface area contributed by atoms with Crippen LogP contribution in [0.4, 0.5) is 0 Å². The van der Waals surface area contributed by atoms with E-state index in [4.69, 9.17) is 14.2 Å². The molecular weight excluding hydrogens is 793 g/mol. The van der Waals surface area contributed by atoms with Gasteiger partial charge in [0.15, 0.2) is 6.10 Å². The summed E-state index contributed by atoms with van der Waals surface area (Å²) in [7, 11) is 0. The Morgan fingerprint density at radius 2 is 0.609 bits per heavy atom. The second kappa shape index (κ2) is 53.0. The van der Waals surface area contributed by atoms with E-state index in [1.807, 2.05) is 0 Å². The standard InChI is InChI=1S/C58H104O6/c1-4-7-10-13-16-19-22-25-27-29-31-33-36-39-42-45-48-51-57(60)63-54-55(53-62-56(59)50-47-44-41-38-35-32-24-21-18-15-12-9-6-3)64-58(61)52-49-46-43-40-37-34-30-28-26-23-20-17-14-11-8-5-2/h9,12,18,21,28,30,32,35,55H,4-8,10-11,13-17,19-20,22-27,29,31,33-34,36-54H2,1-3H3/b12-9-,21-18-,30-28-,35-32-. The van der Waals surface area contributed by atoms with Gasteiger partial charge >= 0.3 is 17.9 Å². The van der Waals surface area contributed by atoms with Crippen molar-refractivity contribution in [3.63, 3.8) is 0 Å². The maximum Gasteiger partial charge on any atom is 0.306 e. The van der Waals surface area contributed by atoms with E-state index in [1.165, 1.54) is 148 Å². The molecular formula is C58H104O6. The Kier molecular flexibility index (Phi) is 50.8. The van der Waals surface area contributed by atoms with Gasteiger partial charge in [-0.05, 0) is 77.0 Å². The van der Waals surface area contributed by atoms with E-state index in [0.717, 1.165) is 96.3 Å². The molecule has 0 aromatic rings. The van der Waals surface area contributed by atoms with Crippen LogP contribution in [0.1, 0.15) is 284 Å². The molecule has 0 spiro atoms. The zero-order chi connectivity index (χ0) is 46.5. The van der Waals surface area contributed by atoms with Crippen LogP contribution in [0.2, 0.25) is 0 Å². The number of unbranched alkanes of at least 4 members (excludes halogenated alkanes) is 31. The summed E-state index contributed by atoms with van der Waals surface area (Å²) >= 11 is 0. The first-order chi connectivity index (χ1) is 31.5. The Hall–Kier alpha value is -2.63. The second-order valence-corrected chi connectivity index (χ2v) is 18.5. The molecule has 0 amide bonds. The summed E-state index contributed by atoms with van der Waals surface area (Å²) in [6.45, 7) is 6.52. The van der Waals surface area contributed by atoms with Crippen LogP contribution < -0.4 is 0 Å². The van der Waals surface area contributed by atoms with Crippen molar-refractivity contribution in [1.82, 2.24) is 0 Å². The first kappa shape index (κ1) is 61.4. The lowest BCUT2D eigenvalue weighted by molar-refractivity contribution is -0.167. The molecule has 0 heterocycles. The average Bonchev–Trinajstić information content (AvgIpc) is 3.29. The fourth-order valence-electron chi connectivity index (χ4n) is 7.92. The lowest BCUT2D eigenvalue weighted by Crippen LogP contribution is -2.30. The van der Waals surface area contributed by atoms with E-state index in [1.54, 1.807) is 0 Å². The van der Waals surface area contributed by atoms with Gasteiger partial charge in [0.2, 0.25) is 0 Å². The maximum absolute atomic E-state index is 12.8. The van der Waals surface area contributed by atoms with E-state index in [0.29, 0.717) is 19.3 Å². The Morgan fingerprint density at radius 1 is 0.328 bits per heavy atom. The zero-order valence-electron chi connectivity index (χ0n) is 42.6. The van der Waals surface area contributed by atoms with E-state index in [2.05, 4.69) is 69.4 Å². The number of carbonyl (C=O) groups excluding carboxylic acids is 3. The van der Waals surface area contributed by atoms with Crippen LogP contribution in [0.15, 0.2) is 48.6 Å². The number of hydrogen-bond acceptors (Lipinski definition) is 6. The molecule has 0 rings (SSSR count). The van der Waals surface area contributed by atoms with Gasteiger partial charge in [0.1, 0.15) is 13.2 Å². The quantitative estimate of drug-likeness (QED) is 0.0262. The van der Waals surface area contributed by atoms with Gasteiger partial charge in [-0.3, -0.25) is 14.4 Å². The maximum atomic E-state index is 12.8. The SMILES string of the molecule is CC/C=C\C/C=C\C/C=C\CCCCCC(=O)OCC(COC(=O)CCCCCCCCCCCCCCCCCCC)OC(=O)CCCCCCC/C=C\CCCCCCCCC. The molecule has 372 valence electrons. The Bertz CT molecular complexity index is 1120. The fraction of sp³-hybridized carbons (Fsp3) is 0.810. The molecule has 0 saturated heterocycles. The van der Waals surface area contributed by atoms with Crippen LogP contribution in [-0.2, 0) is 28.6 Å². The molecule has 0 aromatic heterocycles. The normalized spacial score (nSPS) is 12.4. The summed E-state index contributed by atoms with van der Waals surface area (Å²) in [4.78, 5) is 38.0. The van der Waals surface area contributed by atoms with Gasteiger partial charge in [-0.2, -0.15) is 0 Å². The minimum atomic E-state index is -0.786. The van der Waals surface area contributed by atoms with Crippen LogP contribution in [0.3, 0.4) is 0 Å². The molecule has 1 unspecified atom stereocenters. The first-order valence-corrected chi connectivity index (χ1v) is 27.6. The monoisotopic (exact) mass is 897 g/mol. The van der Waals surface area contributed by atoms with Crippen molar-refractivity contribution >= 4 is 17.9 Å². The van der Waals surface area contributed by atoms with Gasteiger partial charge in [0.05, 0.1) is 0 Å². The van der Waals surface area contributed by atoms with Crippen molar-refractivity contribution in [2.75, 3.05) is 13.2 Å². The minimum Gasteiger partial charge on any atom is -0.462 e. The number of hydrogen-bond donors (Lipinski definition) is 0. The molecule has 0 saturated carbocycles. The van der Waals surface area contributed by atoms with E-state index in [9.17, 15) is 14.4 Å². The highest BCUT2D eigenvalue weighted by molar-refractivity contribution is 5.71. The molecule has 0 fully saturated rings. The third kappa shape index (κ3) is 50.4. The minimum absolute atomic E-state index is 0.0831. The van der Waals surface area contributed by atoms with Gasteiger partial charge < -0.3 is 14.2 Å². The molecule has 0 aliphatic heterocycles. The summed E-state index contributed by atoms with van der Waals surface area (Å²) in [5.74, 6) is -0.910. The molecule has 0 bridgehead atoms. The summed E-state index contributed by atoms with van der Waals surface area (Å²) in [5.41, 5.74) is 0. The van der Waals surface area contributed by atoms with Gasteiger partial charge in [-0.25, -0.2) is 0 Å². The van der Waals surface area contributed by atoms with Crippen LogP contribution in [0.5, 0.6) is 0 Å². The molecule has 0 aliphatic carbocycles. The van der Waals surface area contributed by atoms with Crippen LogP contribution in [0, 0.1) is 0 Å². The third-order valence-corrected chi connectivity index (χ3v) is 12.1. The highest BCUT2D eigenvalue weighted by atomic mass is 16.6. The topological polar surface area (TPSA) is 78.9 Å². The number of ether oxygens (including phenoxy) is 3. The molecule has 0 radical (unpaired) electrons. The van der Waals surface area contributed by atoms with Gasteiger partial charge in [0.25, 0.3) is 0 Å². The molecule has 64 heavy (non-hydrogen) atoms. The van der Waals surface area contributed by atoms with Crippen molar-refractivity contribution in [3.05, 3.63) is 48.6 Å². The largest absolute Gasteiger partial charge is 0.462 e. The lowest BCUT2D eigenvalue weighted by atomic mass is 10.0. The summed E-state index contributed by atoms with van der Waals surface area (Å²) in [6, 6.07) is 0. The summed E-state index contributed by atoms with van der Waals surface area (Å²) in [5, 5.41) is 0. The summed E-state index contributed by atoms with van der Waals surface area (Å²) < 4.78 is 16.8. The van der Waals surface area contributed by atoms with Crippen LogP contribution in [-0.4, -0.2) is 37.2 Å². The second-order valence-electron chi connectivity index (χ2n) is 18.5. The molecule has 6 nitrogen and oxygen atoms in total. The summed E-state index contributed by atoms with van der Waals surface area (Å²) in [6.07, 6.45) is 63.9. The van der Waals surface area contributed by atoms with E-state index in [-0.39, 0.29) is 31.1 Å². The van der Waals surface area contributed by atoms with Crippen molar-refractivity contribution < 1.29 is 28.6 Å². The Morgan fingerprint density at radius 3 is 0.984 bits per heavy atom. The number of carbonyl (C=O) groups is 3. The fourth-order valence-corrected chi connectivity index (χ4v) is 7.92. The third-order valence-electron chi connectivity index (χ3n) is 12.1. The van der Waals surface area contributed by atoms with E-state index >= 15 is 0 Å². The van der Waals surface area contributed by atoms with Crippen molar-refractivity contribution in [2.45, 2.75) is 290 Å². The van der Waals surface area contributed by atoms with Crippen LogP contribution in [0.25, 0.3) is 0 Å². The van der Waals surface area contributed by atoms with Gasteiger partial charge in [-0.1, -0.05) is 236 Å². The average molecular weight is 897 g/mol. The number of esters is 3. The Labute approximate surface area is 397 Å². The molecule has 0 N–H and O–H groups in total. The Balaban J connectivity index is 4.38. The van der Waals surface area contributed by atoms with Gasteiger partial charge in [-0.15, -0.1) is 0 Å². The zero-order valence-corrected chi connectivity index (χ0v) is 42.6. The van der Waals surface area contributed by atoms with Crippen LogP contribution >= 0.6 is 0 Å². The van der Waals surface area contributed by atoms with E-state index < -0.39 is 6.10 Å². The van der Waals surface area contributed by atoms with Crippen molar-refractivity contribution in [3.8, 4) is 0 Å².